The third kappa shape index (κ3) is 4.03. The summed E-state index contributed by atoms with van der Waals surface area (Å²) in [5, 5.41) is 7.01. The van der Waals surface area contributed by atoms with Gasteiger partial charge in [-0.15, -0.1) is 23.7 Å². The number of nitrogens with zero attached hydrogens (tertiary/aromatic N) is 1. The van der Waals surface area contributed by atoms with E-state index in [9.17, 15) is 9.59 Å². The molecule has 3 fully saturated rings. The normalized spacial score (nSPS) is 22.8. The molecule has 6 rings (SSSR count). The van der Waals surface area contributed by atoms with Gasteiger partial charge in [0.1, 0.15) is 0 Å². The first-order chi connectivity index (χ1) is 13.7. The minimum atomic E-state index is -0.292. The maximum absolute atomic E-state index is 12.8. The van der Waals surface area contributed by atoms with Crippen molar-refractivity contribution in [3.63, 3.8) is 0 Å². The van der Waals surface area contributed by atoms with E-state index in [0.717, 1.165) is 29.7 Å². The quantitative estimate of drug-likeness (QED) is 0.655. The van der Waals surface area contributed by atoms with Crippen molar-refractivity contribution in [3.05, 3.63) is 53.3 Å². The van der Waals surface area contributed by atoms with Gasteiger partial charge in [-0.3, -0.25) is 9.59 Å². The number of fused-ring (bicyclic) bond motifs is 4. The van der Waals surface area contributed by atoms with Gasteiger partial charge in [0.25, 0.3) is 11.8 Å². The number of nitrogens with one attached hydrogen (secondary N) is 2. The Morgan fingerprint density at radius 1 is 1.10 bits per heavy atom. The van der Waals surface area contributed by atoms with Crippen LogP contribution in [-0.2, 0) is 0 Å². The van der Waals surface area contributed by atoms with Crippen LogP contribution in [0.2, 0.25) is 0 Å². The second kappa shape index (κ2) is 8.18. The van der Waals surface area contributed by atoms with Crippen LogP contribution in [-0.4, -0.2) is 42.4 Å². The molecule has 8 heteroatoms. The van der Waals surface area contributed by atoms with Gasteiger partial charge in [-0.25, -0.2) is 0 Å². The number of piperidine rings is 3. The van der Waals surface area contributed by atoms with Crippen molar-refractivity contribution in [3.8, 4) is 0 Å². The summed E-state index contributed by atoms with van der Waals surface area (Å²) in [5.41, 5.74) is 0.677. The highest BCUT2D eigenvalue weighted by atomic mass is 35.5. The number of rotatable bonds is 4. The molecule has 2 N–H and O–H groups in total. The Hall–Kier alpha value is -2.35. The predicted octanol–water partition coefficient (Wildman–Crippen LogP) is 3.99. The number of furan rings is 1. The molecule has 2 aromatic heterocycles. The smallest absolute Gasteiger partial charge is 0.291 e. The minimum Gasteiger partial charge on any atom is -0.459 e. The molecule has 3 aliphatic heterocycles. The van der Waals surface area contributed by atoms with E-state index in [1.165, 1.54) is 30.4 Å². The first kappa shape index (κ1) is 19.9. The van der Waals surface area contributed by atoms with Crippen molar-refractivity contribution >= 4 is 51.3 Å². The second-order valence-electron chi connectivity index (χ2n) is 7.51. The predicted molar refractivity (Wildman–Crippen MR) is 116 cm³/mol. The highest BCUT2D eigenvalue weighted by Gasteiger charge is 2.35. The first-order valence-corrected chi connectivity index (χ1v) is 10.4. The van der Waals surface area contributed by atoms with Gasteiger partial charge in [-0.2, -0.15) is 0 Å². The van der Waals surface area contributed by atoms with Crippen molar-refractivity contribution in [2.75, 3.05) is 25.0 Å². The number of anilines is 1. The van der Waals surface area contributed by atoms with Gasteiger partial charge < -0.3 is 20.0 Å². The van der Waals surface area contributed by atoms with E-state index in [0.29, 0.717) is 16.5 Å². The number of carbonyl (C=O) groups is 2. The van der Waals surface area contributed by atoms with E-state index < -0.39 is 0 Å². The van der Waals surface area contributed by atoms with Crippen LogP contribution in [0.1, 0.15) is 33.1 Å². The van der Waals surface area contributed by atoms with Crippen LogP contribution in [0.15, 0.2) is 47.1 Å². The molecule has 3 saturated heterocycles. The van der Waals surface area contributed by atoms with Crippen LogP contribution in [0.5, 0.6) is 0 Å². The zero-order chi connectivity index (χ0) is 19.1. The summed E-state index contributed by atoms with van der Waals surface area (Å²) in [7, 11) is 0. The molecule has 0 radical (unpaired) electrons. The van der Waals surface area contributed by atoms with Crippen LogP contribution >= 0.6 is 23.7 Å². The molecule has 0 saturated carbocycles. The van der Waals surface area contributed by atoms with Crippen LogP contribution in [0, 0.1) is 5.92 Å². The van der Waals surface area contributed by atoms with Crippen LogP contribution in [0.3, 0.4) is 0 Å². The fraction of sp³-hybridized carbons (Fsp3) is 0.333. The second-order valence-corrected chi connectivity index (χ2v) is 8.60. The fourth-order valence-corrected chi connectivity index (χ4v) is 5.15. The maximum Gasteiger partial charge on any atom is 0.291 e. The molecule has 3 aliphatic rings. The molecule has 0 unspecified atom stereocenters. The SMILES string of the molecule is Cl.O=C(Nc1ccc2sc(C(=O)N[C@H]3CN4CCC3CC4)cc2c1)c1ccco1. The number of hydrogen-bond acceptors (Lipinski definition) is 5. The Morgan fingerprint density at radius 2 is 1.93 bits per heavy atom. The highest BCUT2D eigenvalue weighted by molar-refractivity contribution is 7.20. The van der Waals surface area contributed by atoms with E-state index in [2.05, 4.69) is 15.5 Å². The molecule has 29 heavy (non-hydrogen) atoms. The van der Waals surface area contributed by atoms with Gasteiger partial charge in [0, 0.05) is 23.0 Å². The Bertz CT molecular complexity index is 1030. The zero-order valence-corrected chi connectivity index (χ0v) is 17.4. The number of benzene rings is 1. The van der Waals surface area contributed by atoms with Gasteiger partial charge in [0.15, 0.2) is 5.76 Å². The molecule has 6 nitrogen and oxygen atoms in total. The third-order valence-electron chi connectivity index (χ3n) is 5.72. The average Bonchev–Trinajstić information content (AvgIpc) is 3.38. The van der Waals surface area contributed by atoms with Gasteiger partial charge in [0.05, 0.1) is 11.1 Å². The summed E-state index contributed by atoms with van der Waals surface area (Å²) < 4.78 is 6.14. The molecule has 2 bridgehead atoms. The molecule has 152 valence electrons. The van der Waals surface area contributed by atoms with Crippen molar-refractivity contribution in [2.45, 2.75) is 18.9 Å². The largest absolute Gasteiger partial charge is 0.459 e. The Balaban J connectivity index is 0.00000205. The average molecular weight is 432 g/mol. The molecule has 1 aromatic carbocycles. The van der Waals surface area contributed by atoms with E-state index in [1.54, 1.807) is 12.1 Å². The summed E-state index contributed by atoms with van der Waals surface area (Å²) in [5.74, 6) is 0.579. The number of hydrogen-bond donors (Lipinski definition) is 2. The summed E-state index contributed by atoms with van der Waals surface area (Å²) in [6.45, 7) is 3.28. The van der Waals surface area contributed by atoms with Crippen molar-refractivity contribution in [2.24, 2.45) is 5.92 Å². The van der Waals surface area contributed by atoms with Crippen LogP contribution < -0.4 is 10.6 Å². The van der Waals surface area contributed by atoms with Crippen LogP contribution in [0.25, 0.3) is 10.1 Å². The summed E-state index contributed by atoms with van der Waals surface area (Å²) in [6.07, 6.45) is 3.82. The van der Waals surface area contributed by atoms with Crippen LogP contribution in [0.4, 0.5) is 5.69 Å². The Morgan fingerprint density at radius 3 is 2.62 bits per heavy atom. The molecule has 0 spiro atoms. The molecule has 5 heterocycles. The first-order valence-electron chi connectivity index (χ1n) is 9.57. The van der Waals surface area contributed by atoms with Crippen molar-refractivity contribution < 1.29 is 14.0 Å². The molecule has 2 amide bonds. The van der Waals surface area contributed by atoms with Gasteiger partial charge in [-0.05, 0) is 73.6 Å². The number of halogens is 1. The molecule has 1 atom stereocenters. The summed E-state index contributed by atoms with van der Waals surface area (Å²) >= 11 is 1.48. The van der Waals surface area contributed by atoms with Crippen molar-refractivity contribution in [1.29, 1.82) is 0 Å². The van der Waals surface area contributed by atoms with E-state index in [-0.39, 0.29) is 36.0 Å². The lowest BCUT2D eigenvalue weighted by molar-refractivity contribution is 0.0622. The topological polar surface area (TPSA) is 74.6 Å². The van der Waals surface area contributed by atoms with E-state index in [1.807, 2.05) is 24.3 Å². The Kier molecular flexibility index (Phi) is 5.63. The highest BCUT2D eigenvalue weighted by Crippen LogP contribution is 2.30. The number of carbonyl (C=O) groups excluding carboxylic acids is 2. The fourth-order valence-electron chi connectivity index (χ4n) is 4.20. The standard InChI is InChI=1S/C21H21N3O3S.ClH/c25-20(17-2-1-9-27-17)22-15-3-4-18-14(10-15)11-19(28-18)21(26)23-16-12-24-7-5-13(16)6-8-24;/h1-4,9-11,13,16H,5-8,12H2,(H,22,25)(H,23,26);1H/t16-;/m0./s1. The lowest BCUT2D eigenvalue weighted by Crippen LogP contribution is -2.57. The molecular weight excluding hydrogens is 410 g/mol. The van der Waals surface area contributed by atoms with Gasteiger partial charge >= 0.3 is 0 Å². The minimum absolute atomic E-state index is 0. The van der Waals surface area contributed by atoms with Crippen molar-refractivity contribution in [1.82, 2.24) is 10.2 Å². The molecule has 0 aliphatic carbocycles. The monoisotopic (exact) mass is 431 g/mol. The summed E-state index contributed by atoms with van der Waals surface area (Å²) in [4.78, 5) is 28.1. The number of thiophene rings is 1. The maximum atomic E-state index is 12.8. The lowest BCUT2D eigenvalue weighted by atomic mass is 9.84. The van der Waals surface area contributed by atoms with Gasteiger partial charge in [-0.1, -0.05) is 0 Å². The number of amides is 2. The Labute approximate surface area is 178 Å². The van der Waals surface area contributed by atoms with E-state index >= 15 is 0 Å². The zero-order valence-electron chi connectivity index (χ0n) is 15.7. The molecule has 3 aromatic rings. The molecular formula is C21H22ClN3O3S. The lowest BCUT2D eigenvalue weighted by Gasteiger charge is -2.44. The van der Waals surface area contributed by atoms with Gasteiger partial charge in [0.2, 0.25) is 0 Å². The third-order valence-corrected chi connectivity index (χ3v) is 6.83. The summed E-state index contributed by atoms with van der Waals surface area (Å²) in [6, 6.07) is 11.1. The van der Waals surface area contributed by atoms with E-state index in [4.69, 9.17) is 4.42 Å².